The predicted octanol–water partition coefficient (Wildman–Crippen LogP) is 2.13. The molecule has 35 heavy (non-hydrogen) atoms. The number of benzene rings is 1. The zero-order valence-corrected chi connectivity index (χ0v) is 20.4. The number of hydrogen-bond donors (Lipinski definition) is 2. The van der Waals surface area contributed by atoms with Gasteiger partial charge in [0.15, 0.2) is 17.2 Å². The Balaban J connectivity index is 1.41. The molecular weight excluding hydrogens is 466 g/mol. The van der Waals surface area contributed by atoms with E-state index in [1.807, 2.05) is 13.0 Å². The minimum Gasteiger partial charge on any atom is -0.367 e. The molecular formula is C23H26ClN11. The van der Waals surface area contributed by atoms with Crippen molar-refractivity contribution in [2.45, 2.75) is 13.0 Å². The fourth-order valence-electron chi connectivity index (χ4n) is 4.48. The van der Waals surface area contributed by atoms with E-state index in [0.29, 0.717) is 40.3 Å². The second-order valence-electron chi connectivity index (χ2n) is 8.80. The van der Waals surface area contributed by atoms with Crippen LogP contribution in [-0.4, -0.2) is 88.3 Å². The minimum absolute atomic E-state index is 0.241. The summed E-state index contributed by atoms with van der Waals surface area (Å²) in [6.45, 7) is 8.61. The maximum Gasteiger partial charge on any atom is 0.247 e. The van der Waals surface area contributed by atoms with Crippen molar-refractivity contribution in [3.8, 4) is 12.1 Å². The van der Waals surface area contributed by atoms with Gasteiger partial charge in [0.05, 0.1) is 34.2 Å². The van der Waals surface area contributed by atoms with Gasteiger partial charge in [0.1, 0.15) is 6.07 Å². The molecule has 180 valence electrons. The molecule has 2 fully saturated rings. The van der Waals surface area contributed by atoms with Crippen molar-refractivity contribution in [2.24, 2.45) is 0 Å². The normalized spacial score (nSPS) is 17.1. The highest BCUT2D eigenvalue weighted by atomic mass is 35.5. The Morgan fingerprint density at radius 2 is 1.91 bits per heavy atom. The molecule has 11 nitrogen and oxygen atoms in total. The summed E-state index contributed by atoms with van der Waals surface area (Å²) in [5, 5.41) is 30.3. The average molecular weight is 492 g/mol. The van der Waals surface area contributed by atoms with Gasteiger partial charge in [0.25, 0.3) is 0 Å². The molecule has 0 bridgehead atoms. The maximum atomic E-state index is 9.65. The van der Waals surface area contributed by atoms with Gasteiger partial charge in [-0.15, -0.1) is 5.10 Å². The van der Waals surface area contributed by atoms with E-state index in [1.54, 1.807) is 6.07 Å². The molecule has 1 aromatic carbocycles. The average Bonchev–Trinajstić information content (AvgIpc) is 3.25. The summed E-state index contributed by atoms with van der Waals surface area (Å²) < 4.78 is 1.44. The summed E-state index contributed by atoms with van der Waals surface area (Å²) in [6.07, 6.45) is 1.46. The molecule has 2 aliphatic heterocycles. The van der Waals surface area contributed by atoms with Crippen LogP contribution in [0.15, 0.2) is 18.3 Å². The summed E-state index contributed by atoms with van der Waals surface area (Å²) in [4.78, 5) is 15.9. The standard InChI is InChI=1S/C23H26ClN11/c1-3-27-21-22-28-12-16(11-26)35(22)31-23(30-21)29-18-8-15(10-25)9-19(20(18)24)34-13-17(14-34)33-6-4-32(2)5-7-33/h8-9,12,17H,3-7,13-14H2,1-2H3,(H2,27,29,30,31). The van der Waals surface area contributed by atoms with Crippen molar-refractivity contribution in [2.75, 3.05) is 68.4 Å². The molecule has 4 heterocycles. The predicted molar refractivity (Wildman–Crippen MR) is 134 cm³/mol. The molecule has 0 amide bonds. The molecule has 2 aliphatic rings. The molecule has 0 aliphatic carbocycles. The number of aromatic nitrogens is 4. The van der Waals surface area contributed by atoms with Crippen LogP contribution in [0.2, 0.25) is 5.02 Å². The molecule has 2 aromatic heterocycles. The summed E-state index contributed by atoms with van der Waals surface area (Å²) >= 11 is 6.83. The zero-order chi connectivity index (χ0) is 24.5. The lowest BCUT2D eigenvalue weighted by Crippen LogP contribution is -2.63. The Hall–Kier alpha value is -3.64. The quantitative estimate of drug-likeness (QED) is 0.529. The number of anilines is 4. The number of nitrogens with one attached hydrogen (secondary N) is 2. The third-order valence-corrected chi connectivity index (χ3v) is 6.90. The third kappa shape index (κ3) is 4.42. The Labute approximate surface area is 208 Å². The van der Waals surface area contributed by atoms with Gasteiger partial charge in [0, 0.05) is 51.9 Å². The number of hydrogen-bond acceptors (Lipinski definition) is 10. The lowest BCUT2D eigenvalue weighted by molar-refractivity contribution is 0.0963. The van der Waals surface area contributed by atoms with Crippen LogP contribution in [-0.2, 0) is 0 Å². The number of likely N-dealkylation sites (N-methyl/N-ethyl adjacent to an activating group) is 1. The van der Waals surface area contributed by atoms with Gasteiger partial charge in [-0.1, -0.05) is 11.6 Å². The first-order valence-corrected chi connectivity index (χ1v) is 12.0. The van der Waals surface area contributed by atoms with E-state index in [4.69, 9.17) is 11.6 Å². The summed E-state index contributed by atoms with van der Waals surface area (Å²) in [5.41, 5.74) is 2.58. The van der Waals surface area contributed by atoms with Gasteiger partial charge < -0.3 is 20.4 Å². The SMILES string of the molecule is CCNc1nc(Nc2cc(C#N)cc(N3CC(N4CCN(C)CC4)C3)c2Cl)nn2c(C#N)cnc12. The number of fused-ring (bicyclic) bond motifs is 1. The van der Waals surface area contributed by atoms with Gasteiger partial charge >= 0.3 is 0 Å². The molecule has 5 rings (SSSR count). The van der Waals surface area contributed by atoms with Gasteiger partial charge in [0.2, 0.25) is 5.95 Å². The summed E-state index contributed by atoms with van der Waals surface area (Å²) in [5.74, 6) is 0.738. The fraction of sp³-hybridized carbons (Fsp3) is 0.435. The highest BCUT2D eigenvalue weighted by Crippen LogP contribution is 2.38. The molecule has 2 N–H and O–H groups in total. The van der Waals surface area contributed by atoms with E-state index in [0.717, 1.165) is 45.0 Å². The Morgan fingerprint density at radius 3 is 2.60 bits per heavy atom. The lowest BCUT2D eigenvalue weighted by Gasteiger charge is -2.49. The molecule has 12 heteroatoms. The van der Waals surface area contributed by atoms with E-state index in [-0.39, 0.29) is 11.6 Å². The van der Waals surface area contributed by atoms with Crippen molar-refractivity contribution in [3.63, 3.8) is 0 Å². The van der Waals surface area contributed by atoms with Crippen LogP contribution in [0.3, 0.4) is 0 Å². The van der Waals surface area contributed by atoms with Crippen LogP contribution in [0, 0.1) is 22.7 Å². The number of halogens is 1. The highest BCUT2D eigenvalue weighted by molar-refractivity contribution is 6.36. The topological polar surface area (TPSA) is 124 Å². The van der Waals surface area contributed by atoms with Gasteiger partial charge in [-0.05, 0) is 26.1 Å². The fourth-order valence-corrected chi connectivity index (χ4v) is 4.76. The summed E-state index contributed by atoms with van der Waals surface area (Å²) in [6, 6.07) is 8.31. The number of nitriles is 2. The largest absolute Gasteiger partial charge is 0.367 e. The van der Waals surface area contributed by atoms with Gasteiger partial charge in [-0.2, -0.15) is 20.0 Å². The minimum atomic E-state index is 0.241. The van der Waals surface area contributed by atoms with E-state index in [1.165, 1.54) is 10.7 Å². The summed E-state index contributed by atoms with van der Waals surface area (Å²) in [7, 11) is 2.16. The molecule has 0 saturated carbocycles. The van der Waals surface area contributed by atoms with Crippen molar-refractivity contribution in [1.82, 2.24) is 29.4 Å². The van der Waals surface area contributed by atoms with Crippen LogP contribution in [0.25, 0.3) is 5.65 Å². The van der Waals surface area contributed by atoms with Crippen LogP contribution >= 0.6 is 11.6 Å². The second kappa shape index (κ2) is 9.55. The number of nitrogens with zero attached hydrogens (tertiary/aromatic N) is 9. The number of imidazole rings is 1. The molecule has 0 radical (unpaired) electrons. The van der Waals surface area contributed by atoms with E-state index in [9.17, 15) is 10.5 Å². The smallest absolute Gasteiger partial charge is 0.247 e. The lowest BCUT2D eigenvalue weighted by atomic mass is 10.0. The van der Waals surface area contributed by atoms with E-state index in [2.05, 4.69) is 59.6 Å². The van der Waals surface area contributed by atoms with Gasteiger partial charge in [-0.25, -0.2) is 4.98 Å². The molecule has 0 unspecified atom stereocenters. The van der Waals surface area contributed by atoms with Crippen LogP contribution in [0.4, 0.5) is 23.1 Å². The number of rotatable bonds is 6. The number of piperazine rings is 1. The first-order chi connectivity index (χ1) is 17.0. The Bertz CT molecular complexity index is 1320. The molecule has 3 aromatic rings. The van der Waals surface area contributed by atoms with Crippen LogP contribution in [0.5, 0.6) is 0 Å². The van der Waals surface area contributed by atoms with Crippen molar-refractivity contribution >= 4 is 40.4 Å². The highest BCUT2D eigenvalue weighted by Gasteiger charge is 2.34. The Morgan fingerprint density at radius 1 is 1.14 bits per heavy atom. The van der Waals surface area contributed by atoms with Crippen LogP contribution < -0.4 is 15.5 Å². The van der Waals surface area contributed by atoms with Crippen molar-refractivity contribution in [3.05, 3.63) is 34.6 Å². The van der Waals surface area contributed by atoms with E-state index < -0.39 is 0 Å². The maximum absolute atomic E-state index is 9.65. The zero-order valence-electron chi connectivity index (χ0n) is 19.7. The van der Waals surface area contributed by atoms with Crippen molar-refractivity contribution in [1.29, 1.82) is 10.5 Å². The van der Waals surface area contributed by atoms with Crippen molar-refractivity contribution < 1.29 is 0 Å². The van der Waals surface area contributed by atoms with Gasteiger partial charge in [-0.3, -0.25) is 4.90 Å². The van der Waals surface area contributed by atoms with Crippen LogP contribution in [0.1, 0.15) is 18.2 Å². The molecule has 2 saturated heterocycles. The molecule has 0 atom stereocenters. The molecule has 0 spiro atoms. The van der Waals surface area contributed by atoms with E-state index >= 15 is 0 Å². The first kappa shape index (κ1) is 23.1. The second-order valence-corrected chi connectivity index (χ2v) is 9.17. The Kier molecular flexibility index (Phi) is 6.31. The third-order valence-electron chi connectivity index (χ3n) is 6.51. The monoisotopic (exact) mass is 491 g/mol. The first-order valence-electron chi connectivity index (χ1n) is 11.6.